The van der Waals surface area contributed by atoms with E-state index >= 15 is 0 Å². The van der Waals surface area contributed by atoms with Gasteiger partial charge >= 0.3 is 0 Å². The molecule has 0 fully saturated rings. The molecule has 212 valence electrons. The lowest BCUT2D eigenvalue weighted by Crippen LogP contribution is -2.08. The third kappa shape index (κ3) is 4.40. The molecule has 9 aromatic rings. The van der Waals surface area contributed by atoms with Gasteiger partial charge in [0.05, 0.1) is 25.8 Å². The van der Waals surface area contributed by atoms with E-state index in [-0.39, 0.29) is 84.6 Å². The van der Waals surface area contributed by atoms with Crippen molar-refractivity contribution < 1.29 is 13.7 Å². The van der Waals surface area contributed by atoms with Gasteiger partial charge in [0.25, 0.3) is 0 Å². The van der Waals surface area contributed by atoms with Crippen LogP contribution >= 0.6 is 11.3 Å². The summed E-state index contributed by atoms with van der Waals surface area (Å²) in [5.41, 5.74) is 3.76. The van der Waals surface area contributed by atoms with Gasteiger partial charge in [0, 0.05) is 47.6 Å². The molecule has 0 atom stereocenters. The molecular formula is C40H26N4S. The highest BCUT2D eigenvalue weighted by Crippen LogP contribution is 2.42. The average molecular weight is 605 g/mol. The topological polar surface area (TPSA) is 43.6 Å². The average Bonchev–Trinajstić information content (AvgIpc) is 3.77. The molecule has 0 aliphatic heterocycles. The minimum absolute atomic E-state index is 0.0237. The fourth-order valence-electron chi connectivity index (χ4n) is 5.77. The van der Waals surface area contributed by atoms with Crippen LogP contribution in [0.25, 0.3) is 75.9 Å². The van der Waals surface area contributed by atoms with Crippen LogP contribution in [0.4, 0.5) is 0 Å². The smallest absolute Gasteiger partial charge is 0.163 e. The zero-order valence-electron chi connectivity index (χ0n) is 33.5. The van der Waals surface area contributed by atoms with Gasteiger partial charge in [0.1, 0.15) is 0 Å². The number of hydrogen-bond acceptors (Lipinski definition) is 4. The highest BCUT2D eigenvalue weighted by Gasteiger charge is 2.19. The standard InChI is InChI=1S/C40H26N4S/c1-3-11-26(12-4-1)27-19-21-29(22-20-27)40-42-36(41-39(43-40)28-13-5-2-6-14-28)25-44-33-17-9-7-15-30(33)31-23-24-35-37(38(31)44)32-16-8-10-18-34(32)45-35/h1-24H,25H2/i7D,8D,9D,10D,15D,16D,17D,18D,23D,24D. The molecule has 0 unspecified atom stereocenters. The Labute approximate surface area is 278 Å². The molecule has 0 amide bonds. The zero-order chi connectivity index (χ0) is 38.4. The van der Waals surface area contributed by atoms with Gasteiger partial charge in [-0.15, -0.1) is 11.3 Å². The zero-order valence-corrected chi connectivity index (χ0v) is 24.3. The summed E-state index contributed by atoms with van der Waals surface area (Å²) < 4.78 is 90.1. The van der Waals surface area contributed by atoms with E-state index in [0.29, 0.717) is 22.8 Å². The minimum atomic E-state index is -0.507. The predicted octanol–water partition coefficient (Wildman–Crippen LogP) is 10.4. The molecule has 5 heteroatoms. The normalized spacial score (nSPS) is 14.8. The molecule has 0 aliphatic rings. The van der Waals surface area contributed by atoms with Crippen molar-refractivity contribution in [2.45, 2.75) is 6.54 Å². The number of hydrogen-bond donors (Lipinski definition) is 0. The van der Waals surface area contributed by atoms with E-state index in [1.807, 2.05) is 84.9 Å². The van der Waals surface area contributed by atoms with Crippen molar-refractivity contribution in [3.63, 3.8) is 0 Å². The number of fused-ring (bicyclic) bond motifs is 7. The largest absolute Gasteiger partial charge is 0.332 e. The van der Waals surface area contributed by atoms with Gasteiger partial charge in [-0.2, -0.15) is 0 Å². The Balaban J connectivity index is 1.37. The van der Waals surface area contributed by atoms with E-state index in [9.17, 15) is 1.37 Å². The summed E-state index contributed by atoms with van der Waals surface area (Å²) in [5.74, 6) is 0.963. The van der Waals surface area contributed by atoms with Crippen LogP contribution in [0.5, 0.6) is 0 Å². The van der Waals surface area contributed by atoms with Gasteiger partial charge in [-0.3, -0.25) is 0 Å². The van der Waals surface area contributed by atoms with Crippen molar-refractivity contribution in [2.75, 3.05) is 0 Å². The molecule has 0 saturated heterocycles. The Hall–Kier alpha value is -5.65. The number of aromatic nitrogens is 4. The van der Waals surface area contributed by atoms with Crippen LogP contribution in [0, 0.1) is 0 Å². The third-order valence-electron chi connectivity index (χ3n) is 7.83. The molecule has 4 nitrogen and oxygen atoms in total. The molecular weight excluding hydrogens is 569 g/mol. The molecule has 3 aromatic heterocycles. The highest BCUT2D eigenvalue weighted by atomic mass is 32.1. The molecule has 0 spiro atoms. The van der Waals surface area contributed by atoms with Gasteiger partial charge < -0.3 is 4.57 Å². The number of benzene rings is 6. The van der Waals surface area contributed by atoms with Crippen LogP contribution in [0.3, 0.4) is 0 Å². The first kappa shape index (κ1) is 17.6. The first-order valence-corrected chi connectivity index (χ1v) is 15.1. The lowest BCUT2D eigenvalue weighted by atomic mass is 10.0. The lowest BCUT2D eigenvalue weighted by Gasteiger charge is -2.11. The van der Waals surface area contributed by atoms with E-state index in [4.69, 9.17) is 27.3 Å². The van der Waals surface area contributed by atoms with Crippen LogP contribution in [-0.4, -0.2) is 19.5 Å². The van der Waals surface area contributed by atoms with E-state index in [0.717, 1.165) is 22.5 Å². The van der Waals surface area contributed by atoms with Crippen molar-refractivity contribution in [2.24, 2.45) is 0 Å². The maximum absolute atomic E-state index is 9.22. The van der Waals surface area contributed by atoms with Crippen LogP contribution in [0.15, 0.2) is 145 Å². The Bertz CT molecular complexity index is 3060. The molecule has 9 rings (SSSR count). The lowest BCUT2D eigenvalue weighted by molar-refractivity contribution is 0.787. The molecule has 0 saturated carbocycles. The quantitative estimate of drug-likeness (QED) is 0.196. The molecule has 0 N–H and O–H groups in total. The highest BCUT2D eigenvalue weighted by molar-refractivity contribution is 7.26. The van der Waals surface area contributed by atoms with Gasteiger partial charge in [-0.25, -0.2) is 15.0 Å². The monoisotopic (exact) mass is 604 g/mol. The molecule has 0 bridgehead atoms. The summed E-state index contributed by atoms with van der Waals surface area (Å²) in [6.07, 6.45) is 0. The Kier molecular flexibility index (Phi) is 4.11. The summed E-state index contributed by atoms with van der Waals surface area (Å²) in [7, 11) is 0. The van der Waals surface area contributed by atoms with Gasteiger partial charge in [-0.1, -0.05) is 127 Å². The fourth-order valence-corrected chi connectivity index (χ4v) is 6.73. The summed E-state index contributed by atoms with van der Waals surface area (Å²) in [6.45, 7) is -0.173. The summed E-state index contributed by atoms with van der Waals surface area (Å²) in [4.78, 5) is 14.6. The predicted molar refractivity (Wildman–Crippen MR) is 188 cm³/mol. The molecule has 0 radical (unpaired) electrons. The van der Waals surface area contributed by atoms with Crippen molar-refractivity contribution in [3.8, 4) is 33.9 Å². The van der Waals surface area contributed by atoms with E-state index in [2.05, 4.69) is 0 Å². The summed E-state index contributed by atoms with van der Waals surface area (Å²) in [6, 6.07) is 23.3. The maximum atomic E-state index is 9.22. The molecule has 6 aromatic carbocycles. The second kappa shape index (κ2) is 10.5. The fraction of sp³-hybridized carbons (Fsp3) is 0.0250. The molecule has 45 heavy (non-hydrogen) atoms. The SMILES string of the molecule is [2H]c1c([2H])c([2H])c2c(sc3c([2H])c([2H])c4c5c([2H])c([2H])c([2H])c([2H])c5n(Cc5nc(-c6ccccc6)nc(-c6ccc(-c7ccccc7)cc6)n5)c4c32)c1[2H]. The summed E-state index contributed by atoms with van der Waals surface area (Å²) in [5, 5.41) is 0.491. The Morgan fingerprint density at radius 2 is 1.13 bits per heavy atom. The maximum Gasteiger partial charge on any atom is 0.163 e. The Morgan fingerprint density at radius 3 is 1.89 bits per heavy atom. The second-order valence-electron chi connectivity index (χ2n) is 10.5. The van der Waals surface area contributed by atoms with Crippen molar-refractivity contribution in [1.82, 2.24) is 19.5 Å². The van der Waals surface area contributed by atoms with Crippen molar-refractivity contribution in [1.29, 1.82) is 0 Å². The van der Waals surface area contributed by atoms with E-state index in [1.165, 1.54) is 0 Å². The minimum Gasteiger partial charge on any atom is -0.332 e. The Morgan fingerprint density at radius 1 is 0.533 bits per heavy atom. The van der Waals surface area contributed by atoms with Crippen LogP contribution in [-0.2, 0) is 6.54 Å². The first-order chi connectivity index (χ1) is 26.5. The van der Waals surface area contributed by atoms with Crippen LogP contribution < -0.4 is 0 Å². The van der Waals surface area contributed by atoms with Crippen molar-refractivity contribution >= 4 is 53.3 Å². The van der Waals surface area contributed by atoms with Gasteiger partial charge in [0.2, 0.25) is 0 Å². The van der Waals surface area contributed by atoms with Crippen LogP contribution in [0.2, 0.25) is 0 Å². The molecule has 3 heterocycles. The van der Waals surface area contributed by atoms with Gasteiger partial charge in [0.15, 0.2) is 17.5 Å². The van der Waals surface area contributed by atoms with Gasteiger partial charge in [-0.05, 0) is 29.3 Å². The number of thiophene rings is 1. The van der Waals surface area contributed by atoms with E-state index in [1.54, 1.807) is 4.57 Å². The van der Waals surface area contributed by atoms with E-state index < -0.39 is 30.2 Å². The van der Waals surface area contributed by atoms with Crippen LogP contribution in [0.1, 0.15) is 19.5 Å². The van der Waals surface area contributed by atoms with Crippen molar-refractivity contribution in [3.05, 3.63) is 151 Å². The number of rotatable bonds is 5. The summed E-state index contributed by atoms with van der Waals surface area (Å²) >= 11 is 0.979. The number of nitrogens with zero attached hydrogens (tertiary/aromatic N) is 4. The molecule has 0 aliphatic carbocycles. The number of para-hydroxylation sites is 1. The second-order valence-corrected chi connectivity index (χ2v) is 11.5. The third-order valence-corrected chi connectivity index (χ3v) is 8.85. The first-order valence-electron chi connectivity index (χ1n) is 19.3.